The fraction of sp³-hybridized carbons (Fsp3) is 0.600. The van der Waals surface area contributed by atoms with Crippen LogP contribution in [0.2, 0.25) is 0 Å². The largest absolute Gasteiger partial charge is 0.381 e. The molecule has 3 rings (SSSR count). The van der Waals surface area contributed by atoms with Gasteiger partial charge in [0.05, 0.1) is 12.5 Å². The maximum atomic E-state index is 12.7. The number of aryl methyl sites for hydroxylation is 1. The summed E-state index contributed by atoms with van der Waals surface area (Å²) in [6, 6.07) is 7.52. The van der Waals surface area contributed by atoms with Crippen LogP contribution in [0.15, 0.2) is 24.3 Å². The van der Waals surface area contributed by atoms with Gasteiger partial charge in [0.2, 0.25) is 11.8 Å². The van der Waals surface area contributed by atoms with Crippen molar-refractivity contribution in [3.05, 3.63) is 35.4 Å². The fourth-order valence-corrected chi connectivity index (χ4v) is 3.75. The quantitative estimate of drug-likeness (QED) is 0.869. The van der Waals surface area contributed by atoms with Crippen molar-refractivity contribution >= 4 is 11.8 Å². The van der Waals surface area contributed by atoms with Gasteiger partial charge in [-0.15, -0.1) is 0 Å². The number of nitrogens with zero attached hydrogens (tertiary/aromatic N) is 2. The van der Waals surface area contributed by atoms with E-state index in [1.165, 1.54) is 0 Å². The number of nitrogens with two attached hydrogens (primary N) is 1. The smallest absolute Gasteiger partial charge is 0.239 e. The highest BCUT2D eigenvalue weighted by Crippen LogP contribution is 2.19. The molecule has 6 nitrogen and oxygen atoms in total. The van der Waals surface area contributed by atoms with Crippen LogP contribution in [-0.4, -0.2) is 67.0 Å². The molecule has 1 aromatic rings. The second kappa shape index (κ2) is 8.64. The van der Waals surface area contributed by atoms with Crippen molar-refractivity contribution in [3.63, 3.8) is 0 Å². The highest BCUT2D eigenvalue weighted by Gasteiger charge is 2.32. The molecule has 0 aliphatic carbocycles. The Morgan fingerprint density at radius 1 is 1.12 bits per heavy atom. The number of carbonyl (C=O) groups is 2. The van der Waals surface area contributed by atoms with Gasteiger partial charge in [-0.05, 0) is 36.8 Å². The lowest BCUT2D eigenvalue weighted by Gasteiger charge is -2.37. The molecule has 142 valence electrons. The minimum Gasteiger partial charge on any atom is -0.381 e. The van der Waals surface area contributed by atoms with Crippen LogP contribution in [0.1, 0.15) is 24.0 Å². The summed E-state index contributed by atoms with van der Waals surface area (Å²) < 4.78 is 5.35. The summed E-state index contributed by atoms with van der Waals surface area (Å²) >= 11 is 0. The predicted octanol–water partition coefficient (Wildman–Crippen LogP) is 0.962. The van der Waals surface area contributed by atoms with E-state index in [0.29, 0.717) is 45.8 Å². The van der Waals surface area contributed by atoms with Gasteiger partial charge in [0.1, 0.15) is 0 Å². The third kappa shape index (κ3) is 4.43. The molecule has 0 bridgehead atoms. The molecule has 2 saturated heterocycles. The first-order valence-electron chi connectivity index (χ1n) is 9.50. The van der Waals surface area contributed by atoms with Crippen LogP contribution in [0.3, 0.4) is 0 Å². The van der Waals surface area contributed by atoms with E-state index in [9.17, 15) is 9.59 Å². The van der Waals surface area contributed by atoms with Crippen LogP contribution < -0.4 is 5.73 Å². The lowest BCUT2D eigenvalue weighted by Crippen LogP contribution is -2.56. The number of carbonyl (C=O) groups excluding carboxylic acids is 2. The molecule has 26 heavy (non-hydrogen) atoms. The summed E-state index contributed by atoms with van der Waals surface area (Å²) in [5.74, 6) is 0.347. The summed E-state index contributed by atoms with van der Waals surface area (Å²) in [5.41, 5.74) is 8.41. The molecular formula is C20H29N3O3. The molecular weight excluding hydrogens is 330 g/mol. The third-order valence-corrected chi connectivity index (χ3v) is 5.61. The average Bonchev–Trinajstić information content (AvgIpc) is 2.69. The summed E-state index contributed by atoms with van der Waals surface area (Å²) in [5, 5.41) is 0. The van der Waals surface area contributed by atoms with Crippen molar-refractivity contribution in [1.29, 1.82) is 0 Å². The molecule has 2 heterocycles. The van der Waals surface area contributed by atoms with Crippen molar-refractivity contribution in [2.75, 3.05) is 39.4 Å². The second-order valence-corrected chi connectivity index (χ2v) is 7.28. The molecule has 1 aromatic carbocycles. The molecule has 0 saturated carbocycles. The van der Waals surface area contributed by atoms with E-state index in [4.69, 9.17) is 10.5 Å². The van der Waals surface area contributed by atoms with E-state index in [1.807, 2.05) is 41.0 Å². The second-order valence-electron chi connectivity index (χ2n) is 7.28. The van der Waals surface area contributed by atoms with Crippen LogP contribution in [-0.2, 0) is 20.7 Å². The number of ether oxygens (including phenoxy) is 1. The number of rotatable bonds is 4. The van der Waals surface area contributed by atoms with E-state index in [2.05, 4.69) is 0 Å². The van der Waals surface area contributed by atoms with E-state index in [-0.39, 0.29) is 17.7 Å². The Morgan fingerprint density at radius 2 is 1.73 bits per heavy atom. The summed E-state index contributed by atoms with van der Waals surface area (Å²) in [6.45, 7) is 5.69. The van der Waals surface area contributed by atoms with Crippen molar-refractivity contribution < 1.29 is 14.3 Å². The Kier molecular flexibility index (Phi) is 6.27. The topological polar surface area (TPSA) is 75.9 Å². The normalized spacial score (nSPS) is 20.1. The first-order valence-corrected chi connectivity index (χ1v) is 9.50. The Morgan fingerprint density at radius 3 is 2.38 bits per heavy atom. The number of benzene rings is 1. The number of amides is 2. The van der Waals surface area contributed by atoms with Crippen LogP contribution in [0.25, 0.3) is 0 Å². The molecule has 6 heteroatoms. The van der Waals surface area contributed by atoms with Gasteiger partial charge in [-0.3, -0.25) is 9.59 Å². The lowest BCUT2D eigenvalue weighted by atomic mass is 9.91. The maximum absolute atomic E-state index is 12.7. The molecule has 2 amide bonds. The maximum Gasteiger partial charge on any atom is 0.239 e. The molecule has 1 atom stereocenters. The molecule has 2 N–H and O–H groups in total. The SMILES string of the molecule is Cc1ccccc1CC(=O)N1CCN(C(=O)C(N)C2CCOCC2)CC1. The van der Waals surface area contributed by atoms with Gasteiger partial charge in [-0.1, -0.05) is 24.3 Å². The molecule has 0 radical (unpaired) electrons. The predicted molar refractivity (Wildman–Crippen MR) is 99.6 cm³/mol. The van der Waals surface area contributed by atoms with Crippen LogP contribution in [0.5, 0.6) is 0 Å². The first kappa shape index (κ1) is 18.9. The van der Waals surface area contributed by atoms with Crippen LogP contribution in [0, 0.1) is 12.8 Å². The third-order valence-electron chi connectivity index (χ3n) is 5.61. The van der Waals surface area contributed by atoms with E-state index < -0.39 is 6.04 Å². The Hall–Kier alpha value is -1.92. The zero-order valence-electron chi connectivity index (χ0n) is 15.5. The van der Waals surface area contributed by atoms with E-state index in [1.54, 1.807) is 0 Å². The number of hydrogen-bond acceptors (Lipinski definition) is 4. The van der Waals surface area contributed by atoms with Gasteiger partial charge in [-0.25, -0.2) is 0 Å². The summed E-state index contributed by atoms with van der Waals surface area (Å²) in [6.07, 6.45) is 2.12. The lowest BCUT2D eigenvalue weighted by molar-refractivity contribution is -0.141. The van der Waals surface area contributed by atoms with Gasteiger partial charge in [0.25, 0.3) is 0 Å². The van der Waals surface area contributed by atoms with E-state index in [0.717, 1.165) is 24.0 Å². The zero-order chi connectivity index (χ0) is 18.5. The minimum absolute atomic E-state index is 0.0166. The summed E-state index contributed by atoms with van der Waals surface area (Å²) in [4.78, 5) is 28.9. The van der Waals surface area contributed by atoms with Crippen molar-refractivity contribution in [2.24, 2.45) is 11.7 Å². The minimum atomic E-state index is -0.451. The zero-order valence-corrected chi connectivity index (χ0v) is 15.5. The van der Waals surface area contributed by atoms with Gasteiger partial charge in [-0.2, -0.15) is 0 Å². The Bertz CT molecular complexity index is 635. The molecule has 2 aliphatic heterocycles. The van der Waals surface area contributed by atoms with Gasteiger partial charge >= 0.3 is 0 Å². The monoisotopic (exact) mass is 359 g/mol. The Balaban J connectivity index is 1.49. The van der Waals surface area contributed by atoms with Crippen molar-refractivity contribution in [1.82, 2.24) is 9.80 Å². The van der Waals surface area contributed by atoms with E-state index >= 15 is 0 Å². The molecule has 2 aliphatic rings. The van der Waals surface area contributed by atoms with Crippen LogP contribution in [0.4, 0.5) is 0 Å². The van der Waals surface area contributed by atoms with Gasteiger partial charge in [0, 0.05) is 39.4 Å². The van der Waals surface area contributed by atoms with Gasteiger partial charge < -0.3 is 20.3 Å². The van der Waals surface area contributed by atoms with Crippen molar-refractivity contribution in [3.8, 4) is 0 Å². The first-order chi connectivity index (χ1) is 12.6. The molecule has 0 spiro atoms. The highest BCUT2D eigenvalue weighted by molar-refractivity contribution is 5.83. The fourth-order valence-electron chi connectivity index (χ4n) is 3.75. The van der Waals surface area contributed by atoms with Crippen molar-refractivity contribution in [2.45, 2.75) is 32.2 Å². The average molecular weight is 359 g/mol. The van der Waals surface area contributed by atoms with Crippen LogP contribution >= 0.6 is 0 Å². The standard InChI is InChI=1S/C20H29N3O3/c1-15-4-2-3-5-17(15)14-18(24)22-8-10-23(11-9-22)20(25)19(21)16-6-12-26-13-7-16/h2-5,16,19H,6-14,21H2,1H3. The number of hydrogen-bond donors (Lipinski definition) is 1. The molecule has 2 fully saturated rings. The molecule has 1 unspecified atom stereocenters. The number of piperazine rings is 1. The Labute approximate surface area is 155 Å². The van der Waals surface area contributed by atoms with Gasteiger partial charge in [0.15, 0.2) is 0 Å². The molecule has 0 aromatic heterocycles. The highest BCUT2D eigenvalue weighted by atomic mass is 16.5. The summed E-state index contributed by atoms with van der Waals surface area (Å²) in [7, 11) is 0.